The highest BCUT2D eigenvalue weighted by Crippen LogP contribution is 2.27. The maximum Gasteiger partial charge on any atom is 0.122 e. The maximum atomic E-state index is 6.20. The Bertz CT molecular complexity index is 545. The third-order valence-corrected chi connectivity index (χ3v) is 3.40. The number of halogens is 1. The van der Waals surface area contributed by atoms with E-state index in [9.17, 15) is 0 Å². The van der Waals surface area contributed by atoms with Gasteiger partial charge in [-0.15, -0.1) is 0 Å². The zero-order chi connectivity index (χ0) is 13.7. The summed E-state index contributed by atoms with van der Waals surface area (Å²) in [7, 11) is 3.59. The number of benzene rings is 1. The van der Waals surface area contributed by atoms with Crippen molar-refractivity contribution in [3.8, 4) is 5.75 Å². The number of hydrogen-bond acceptors (Lipinski definition) is 3. The van der Waals surface area contributed by atoms with Gasteiger partial charge in [0.25, 0.3) is 0 Å². The number of para-hydroxylation sites is 1. The fourth-order valence-corrected chi connectivity index (χ4v) is 2.33. The molecular formula is C15H17ClN2O. The molecule has 1 atom stereocenters. The van der Waals surface area contributed by atoms with Crippen LogP contribution in [0.25, 0.3) is 0 Å². The number of likely N-dealkylation sites (N-methyl/N-ethyl adjacent to an activating group) is 1. The van der Waals surface area contributed by atoms with Gasteiger partial charge < -0.3 is 10.1 Å². The summed E-state index contributed by atoms with van der Waals surface area (Å²) in [4.78, 5) is 4.37. The molecule has 0 saturated carbocycles. The van der Waals surface area contributed by atoms with Crippen LogP contribution in [0.3, 0.4) is 0 Å². The molecule has 1 N–H and O–H groups in total. The Morgan fingerprint density at radius 3 is 2.74 bits per heavy atom. The van der Waals surface area contributed by atoms with Crippen molar-refractivity contribution in [3.05, 3.63) is 58.9 Å². The Morgan fingerprint density at radius 2 is 2.05 bits per heavy atom. The average molecular weight is 277 g/mol. The largest absolute Gasteiger partial charge is 0.496 e. The summed E-state index contributed by atoms with van der Waals surface area (Å²) >= 11 is 6.20. The van der Waals surface area contributed by atoms with Gasteiger partial charge in [-0.3, -0.25) is 4.98 Å². The van der Waals surface area contributed by atoms with Gasteiger partial charge in [0, 0.05) is 6.20 Å². The lowest BCUT2D eigenvalue weighted by molar-refractivity contribution is 0.406. The second kappa shape index (κ2) is 6.55. The number of rotatable bonds is 5. The molecule has 0 saturated heterocycles. The first-order valence-electron chi connectivity index (χ1n) is 6.16. The maximum absolute atomic E-state index is 6.20. The van der Waals surface area contributed by atoms with E-state index in [4.69, 9.17) is 16.3 Å². The van der Waals surface area contributed by atoms with E-state index < -0.39 is 0 Å². The molecule has 0 aliphatic rings. The molecule has 100 valence electrons. The second-order valence-electron chi connectivity index (χ2n) is 4.23. The molecule has 0 aliphatic carbocycles. The SMILES string of the molecule is CNC(Cc1ccccc1OC)c1ncccc1Cl. The highest BCUT2D eigenvalue weighted by Gasteiger charge is 2.16. The van der Waals surface area contributed by atoms with Crippen LogP contribution < -0.4 is 10.1 Å². The van der Waals surface area contributed by atoms with E-state index in [-0.39, 0.29) is 6.04 Å². The smallest absolute Gasteiger partial charge is 0.122 e. The zero-order valence-electron chi connectivity index (χ0n) is 11.1. The summed E-state index contributed by atoms with van der Waals surface area (Å²) < 4.78 is 5.38. The Balaban J connectivity index is 2.27. The van der Waals surface area contributed by atoms with Crippen molar-refractivity contribution >= 4 is 11.6 Å². The van der Waals surface area contributed by atoms with Crippen molar-refractivity contribution in [2.24, 2.45) is 0 Å². The van der Waals surface area contributed by atoms with Gasteiger partial charge in [0.2, 0.25) is 0 Å². The van der Waals surface area contributed by atoms with Gasteiger partial charge in [0.1, 0.15) is 5.75 Å². The predicted molar refractivity (Wildman–Crippen MR) is 77.7 cm³/mol. The summed E-state index contributed by atoms with van der Waals surface area (Å²) in [6.45, 7) is 0. The van der Waals surface area contributed by atoms with Crippen molar-refractivity contribution in [2.75, 3.05) is 14.2 Å². The van der Waals surface area contributed by atoms with Crippen LogP contribution in [0.1, 0.15) is 17.3 Å². The lowest BCUT2D eigenvalue weighted by atomic mass is 10.0. The molecule has 0 amide bonds. The van der Waals surface area contributed by atoms with E-state index in [0.29, 0.717) is 5.02 Å². The Kier molecular flexibility index (Phi) is 4.77. The highest BCUT2D eigenvalue weighted by atomic mass is 35.5. The van der Waals surface area contributed by atoms with Crippen molar-refractivity contribution < 1.29 is 4.74 Å². The number of nitrogens with one attached hydrogen (secondary N) is 1. The molecule has 1 heterocycles. The lowest BCUT2D eigenvalue weighted by Gasteiger charge is -2.18. The van der Waals surface area contributed by atoms with Crippen molar-refractivity contribution in [3.63, 3.8) is 0 Å². The molecule has 19 heavy (non-hydrogen) atoms. The normalized spacial score (nSPS) is 12.2. The van der Waals surface area contributed by atoms with E-state index in [2.05, 4.69) is 16.4 Å². The molecule has 2 rings (SSSR count). The van der Waals surface area contributed by atoms with Gasteiger partial charge in [0.15, 0.2) is 0 Å². The third-order valence-electron chi connectivity index (χ3n) is 3.08. The number of nitrogens with zero attached hydrogens (tertiary/aromatic N) is 1. The molecule has 1 unspecified atom stereocenters. The molecule has 4 heteroatoms. The van der Waals surface area contributed by atoms with Crippen LogP contribution in [0.5, 0.6) is 5.75 Å². The van der Waals surface area contributed by atoms with Crippen LogP contribution in [-0.2, 0) is 6.42 Å². The molecule has 1 aromatic heterocycles. The van der Waals surface area contributed by atoms with E-state index in [1.54, 1.807) is 13.3 Å². The molecule has 0 spiro atoms. The van der Waals surface area contributed by atoms with Gasteiger partial charge in [-0.2, -0.15) is 0 Å². The summed E-state index contributed by atoms with van der Waals surface area (Å²) in [5, 5.41) is 3.93. The predicted octanol–water partition coefficient (Wildman–Crippen LogP) is 3.25. The Hall–Kier alpha value is -1.58. The summed E-state index contributed by atoms with van der Waals surface area (Å²) in [6.07, 6.45) is 2.53. The molecule has 0 fully saturated rings. The fourth-order valence-electron chi connectivity index (χ4n) is 2.08. The van der Waals surface area contributed by atoms with Gasteiger partial charge in [-0.25, -0.2) is 0 Å². The minimum Gasteiger partial charge on any atom is -0.496 e. The minimum atomic E-state index is 0.0602. The first-order chi connectivity index (χ1) is 9.26. The molecule has 0 bridgehead atoms. The van der Waals surface area contributed by atoms with Crippen molar-refractivity contribution in [1.82, 2.24) is 10.3 Å². The molecule has 2 aromatic rings. The zero-order valence-corrected chi connectivity index (χ0v) is 11.8. The molecule has 0 aliphatic heterocycles. The summed E-state index contributed by atoms with van der Waals surface area (Å²) in [5.41, 5.74) is 1.99. The summed E-state index contributed by atoms with van der Waals surface area (Å²) in [5.74, 6) is 0.884. The molecule has 0 radical (unpaired) electrons. The van der Waals surface area contributed by atoms with Crippen LogP contribution in [0, 0.1) is 0 Å². The Labute approximate surface area is 118 Å². The molecule has 1 aromatic carbocycles. The first kappa shape index (κ1) is 13.8. The topological polar surface area (TPSA) is 34.1 Å². The lowest BCUT2D eigenvalue weighted by Crippen LogP contribution is -2.20. The van der Waals surface area contributed by atoms with E-state index in [1.165, 1.54) is 0 Å². The third kappa shape index (κ3) is 3.25. The molecule has 3 nitrogen and oxygen atoms in total. The van der Waals surface area contributed by atoms with E-state index in [1.807, 2.05) is 37.4 Å². The first-order valence-corrected chi connectivity index (χ1v) is 6.53. The van der Waals surface area contributed by atoms with Crippen molar-refractivity contribution in [1.29, 1.82) is 0 Å². The minimum absolute atomic E-state index is 0.0602. The summed E-state index contributed by atoms with van der Waals surface area (Å²) in [6, 6.07) is 11.7. The van der Waals surface area contributed by atoms with E-state index >= 15 is 0 Å². The van der Waals surface area contributed by atoms with Gasteiger partial charge in [0.05, 0.1) is 23.9 Å². The van der Waals surface area contributed by atoms with E-state index in [0.717, 1.165) is 23.4 Å². The quantitative estimate of drug-likeness (QED) is 0.910. The standard InChI is InChI=1S/C15H17ClN2O/c1-17-13(15-12(16)7-5-9-18-15)10-11-6-3-4-8-14(11)19-2/h3-9,13,17H,10H2,1-2H3. The fraction of sp³-hybridized carbons (Fsp3) is 0.267. The number of methoxy groups -OCH3 is 1. The van der Waals surface area contributed by atoms with Crippen molar-refractivity contribution in [2.45, 2.75) is 12.5 Å². The average Bonchev–Trinajstić information content (AvgIpc) is 2.46. The monoisotopic (exact) mass is 276 g/mol. The van der Waals surface area contributed by atoms with Crippen LogP contribution >= 0.6 is 11.6 Å². The highest BCUT2D eigenvalue weighted by molar-refractivity contribution is 6.31. The number of hydrogen-bond donors (Lipinski definition) is 1. The second-order valence-corrected chi connectivity index (χ2v) is 4.63. The molecular weight excluding hydrogens is 260 g/mol. The van der Waals surface area contributed by atoms with Crippen LogP contribution in [-0.4, -0.2) is 19.1 Å². The van der Waals surface area contributed by atoms with Gasteiger partial charge >= 0.3 is 0 Å². The number of ether oxygens (including phenoxy) is 1. The van der Waals surface area contributed by atoms with Crippen LogP contribution in [0.4, 0.5) is 0 Å². The number of pyridine rings is 1. The van der Waals surface area contributed by atoms with Crippen LogP contribution in [0.15, 0.2) is 42.6 Å². The van der Waals surface area contributed by atoms with Gasteiger partial charge in [-0.1, -0.05) is 29.8 Å². The number of aromatic nitrogens is 1. The van der Waals surface area contributed by atoms with Crippen LogP contribution in [0.2, 0.25) is 5.02 Å². The Morgan fingerprint density at radius 1 is 1.26 bits per heavy atom. The van der Waals surface area contributed by atoms with Gasteiger partial charge in [-0.05, 0) is 37.2 Å².